The van der Waals surface area contributed by atoms with E-state index in [1.54, 1.807) is 18.3 Å². The molecule has 2 heterocycles. The molecule has 1 aliphatic heterocycles. The van der Waals surface area contributed by atoms with Gasteiger partial charge in [0.05, 0.1) is 22.1 Å². The molecule has 0 radical (unpaired) electrons. The fourth-order valence-corrected chi connectivity index (χ4v) is 4.03. The van der Waals surface area contributed by atoms with Crippen LogP contribution in [-0.4, -0.2) is 53.8 Å². The number of carbonyl (C=O) groups is 3. The number of esters is 1. The van der Waals surface area contributed by atoms with Crippen molar-refractivity contribution >= 4 is 29.5 Å². The first kappa shape index (κ1) is 28.5. The van der Waals surface area contributed by atoms with Gasteiger partial charge in [0.25, 0.3) is 0 Å². The maximum absolute atomic E-state index is 12.2. The fraction of sp³-hybridized carbons (Fsp3) is 0.520. The normalized spacial score (nSPS) is 15.9. The second-order valence-corrected chi connectivity index (χ2v) is 8.36. The maximum atomic E-state index is 12.2. The molecule has 0 bridgehead atoms. The summed E-state index contributed by atoms with van der Waals surface area (Å²) in [4.78, 5) is 40.1. The molecule has 1 fully saturated rings. The largest absolute Gasteiger partial charge is 0.455 e. The van der Waals surface area contributed by atoms with Gasteiger partial charge in [-0.3, -0.25) is 19.3 Å². The summed E-state index contributed by atoms with van der Waals surface area (Å²) in [6, 6.07) is 8.40. The molecule has 2 unspecified atom stereocenters. The number of likely N-dealkylation sites (tertiary alicyclic amines) is 1. The lowest BCUT2D eigenvalue weighted by Gasteiger charge is -2.18. The van der Waals surface area contributed by atoms with Gasteiger partial charge in [0.2, 0.25) is 5.91 Å². The van der Waals surface area contributed by atoms with E-state index >= 15 is 0 Å². The SMILES string of the molecule is CC.CCC(=O)OC(C)C=O.Cc1ncsc1-c1ccc(CNC(=O)C2CCCN2C)cc1. The van der Waals surface area contributed by atoms with Crippen molar-refractivity contribution in [2.24, 2.45) is 0 Å². The number of hydrogen-bond donors (Lipinski definition) is 1. The van der Waals surface area contributed by atoms with E-state index in [1.165, 1.54) is 17.4 Å². The smallest absolute Gasteiger partial charge is 0.306 e. The van der Waals surface area contributed by atoms with Gasteiger partial charge < -0.3 is 10.1 Å². The summed E-state index contributed by atoms with van der Waals surface area (Å²) in [5.41, 5.74) is 5.25. The molecule has 1 aliphatic rings. The molecule has 1 aromatic heterocycles. The topological polar surface area (TPSA) is 88.6 Å². The molecule has 8 heteroatoms. The molecule has 2 atom stereocenters. The second kappa shape index (κ2) is 15.3. The van der Waals surface area contributed by atoms with Crippen molar-refractivity contribution in [2.45, 2.75) is 72.6 Å². The van der Waals surface area contributed by atoms with Crippen LogP contribution in [0.15, 0.2) is 29.8 Å². The molecule has 2 aromatic rings. The average molecular weight is 476 g/mol. The Labute approximate surface area is 201 Å². The van der Waals surface area contributed by atoms with Gasteiger partial charge in [0, 0.05) is 13.0 Å². The van der Waals surface area contributed by atoms with Gasteiger partial charge in [-0.25, -0.2) is 4.98 Å². The third-order valence-electron chi connectivity index (χ3n) is 5.05. The molecule has 1 N–H and O–H groups in total. The van der Waals surface area contributed by atoms with E-state index in [1.807, 2.05) is 33.3 Å². The molecule has 182 valence electrons. The third kappa shape index (κ3) is 9.43. The van der Waals surface area contributed by atoms with Crippen molar-refractivity contribution in [3.05, 3.63) is 41.0 Å². The van der Waals surface area contributed by atoms with Crippen LogP contribution in [-0.2, 0) is 25.7 Å². The molecular formula is C25H37N3O4S. The van der Waals surface area contributed by atoms with Gasteiger partial charge in [0.15, 0.2) is 12.4 Å². The van der Waals surface area contributed by atoms with Crippen molar-refractivity contribution in [3.63, 3.8) is 0 Å². The Morgan fingerprint density at radius 3 is 2.45 bits per heavy atom. The Hall–Kier alpha value is -2.58. The van der Waals surface area contributed by atoms with Crippen LogP contribution in [0.2, 0.25) is 0 Å². The third-order valence-corrected chi connectivity index (χ3v) is 6.03. The Balaban J connectivity index is 0.000000420. The zero-order valence-electron chi connectivity index (χ0n) is 20.6. The molecule has 1 aromatic carbocycles. The van der Waals surface area contributed by atoms with Gasteiger partial charge >= 0.3 is 5.97 Å². The number of aromatic nitrogens is 1. The highest BCUT2D eigenvalue weighted by Gasteiger charge is 2.27. The van der Waals surface area contributed by atoms with E-state index in [0.29, 0.717) is 19.3 Å². The van der Waals surface area contributed by atoms with Gasteiger partial charge in [0.1, 0.15) is 0 Å². The predicted octanol–water partition coefficient (Wildman–Crippen LogP) is 4.38. The standard InChI is InChI=1S/C17H21N3OS.C6H10O3.C2H6/c1-12-16(22-11-19-12)14-7-5-13(6-8-14)10-18-17(21)15-4-3-9-20(15)2;1-3-6(8)9-5(2)4-7;1-2/h5-8,11,15H,3-4,9-10H2,1-2H3,(H,18,21);4-5H,3H2,1-2H3;1-2H3. The summed E-state index contributed by atoms with van der Waals surface area (Å²) in [6.07, 6.45) is 2.38. The first-order valence-corrected chi connectivity index (χ1v) is 12.4. The average Bonchev–Trinajstić information content (AvgIpc) is 3.47. The molecule has 0 saturated carbocycles. The molecule has 1 amide bonds. The van der Waals surface area contributed by atoms with Crippen molar-refractivity contribution < 1.29 is 19.1 Å². The number of carbonyl (C=O) groups excluding carboxylic acids is 3. The van der Waals surface area contributed by atoms with Crippen LogP contribution in [0, 0.1) is 6.92 Å². The molecule has 33 heavy (non-hydrogen) atoms. The summed E-state index contributed by atoms with van der Waals surface area (Å²) in [5, 5.41) is 3.05. The van der Waals surface area contributed by atoms with Crippen molar-refractivity contribution in [2.75, 3.05) is 13.6 Å². The summed E-state index contributed by atoms with van der Waals surface area (Å²) in [5.74, 6) is -0.197. The molecule has 0 aliphatic carbocycles. The van der Waals surface area contributed by atoms with E-state index < -0.39 is 6.10 Å². The number of amides is 1. The van der Waals surface area contributed by atoms with Crippen LogP contribution in [0.4, 0.5) is 0 Å². The summed E-state index contributed by atoms with van der Waals surface area (Å²) < 4.78 is 4.54. The van der Waals surface area contributed by atoms with Crippen LogP contribution in [0.25, 0.3) is 10.4 Å². The number of aldehydes is 1. The van der Waals surface area contributed by atoms with Crippen LogP contribution < -0.4 is 5.32 Å². The van der Waals surface area contributed by atoms with E-state index in [-0.39, 0.29) is 17.9 Å². The van der Waals surface area contributed by atoms with Crippen molar-refractivity contribution in [1.29, 1.82) is 0 Å². The number of nitrogens with one attached hydrogen (secondary N) is 1. The monoisotopic (exact) mass is 475 g/mol. The summed E-state index contributed by atoms with van der Waals surface area (Å²) >= 11 is 1.66. The van der Waals surface area contributed by atoms with E-state index in [9.17, 15) is 14.4 Å². The zero-order valence-corrected chi connectivity index (χ0v) is 21.4. The Kier molecular flexibility index (Phi) is 13.2. The number of ether oxygens (including phenoxy) is 1. The highest BCUT2D eigenvalue weighted by Crippen LogP contribution is 2.27. The van der Waals surface area contributed by atoms with E-state index in [0.717, 1.165) is 30.6 Å². The number of aryl methyl sites for hydroxylation is 1. The number of thiazole rings is 1. The van der Waals surface area contributed by atoms with E-state index in [4.69, 9.17) is 0 Å². The second-order valence-electron chi connectivity index (χ2n) is 7.50. The Morgan fingerprint density at radius 2 is 1.97 bits per heavy atom. The summed E-state index contributed by atoms with van der Waals surface area (Å²) in [6.45, 7) is 10.8. The van der Waals surface area contributed by atoms with Crippen molar-refractivity contribution in [3.8, 4) is 10.4 Å². The minimum absolute atomic E-state index is 0.0408. The first-order valence-electron chi connectivity index (χ1n) is 11.5. The van der Waals surface area contributed by atoms with Crippen LogP contribution in [0.1, 0.15) is 58.2 Å². The minimum atomic E-state index is -0.600. The zero-order chi connectivity index (χ0) is 24.8. The number of benzene rings is 1. The molecule has 1 saturated heterocycles. The van der Waals surface area contributed by atoms with E-state index in [2.05, 4.69) is 44.2 Å². The maximum Gasteiger partial charge on any atom is 0.306 e. The lowest BCUT2D eigenvalue weighted by molar-refractivity contribution is -0.150. The van der Waals surface area contributed by atoms with Crippen LogP contribution in [0.3, 0.4) is 0 Å². The molecule has 0 spiro atoms. The van der Waals surface area contributed by atoms with Gasteiger partial charge in [-0.1, -0.05) is 45.0 Å². The highest BCUT2D eigenvalue weighted by atomic mass is 32.1. The number of likely N-dealkylation sites (N-methyl/N-ethyl adjacent to an activating group) is 1. The van der Waals surface area contributed by atoms with Gasteiger partial charge in [-0.2, -0.15) is 0 Å². The van der Waals surface area contributed by atoms with Gasteiger partial charge in [-0.05, 0) is 51.4 Å². The lowest BCUT2D eigenvalue weighted by Crippen LogP contribution is -2.41. The lowest BCUT2D eigenvalue weighted by atomic mass is 10.1. The fourth-order valence-electron chi connectivity index (χ4n) is 3.22. The molecule has 3 rings (SSSR count). The summed E-state index contributed by atoms with van der Waals surface area (Å²) in [7, 11) is 2.02. The predicted molar refractivity (Wildman–Crippen MR) is 133 cm³/mol. The number of nitrogens with zero attached hydrogens (tertiary/aromatic N) is 2. The minimum Gasteiger partial charge on any atom is -0.455 e. The number of rotatable bonds is 7. The van der Waals surface area contributed by atoms with Crippen LogP contribution >= 0.6 is 11.3 Å². The van der Waals surface area contributed by atoms with Crippen molar-refractivity contribution in [1.82, 2.24) is 15.2 Å². The quantitative estimate of drug-likeness (QED) is 0.472. The molecule has 7 nitrogen and oxygen atoms in total. The van der Waals surface area contributed by atoms with Gasteiger partial charge in [-0.15, -0.1) is 11.3 Å². The highest BCUT2D eigenvalue weighted by molar-refractivity contribution is 7.13. The number of hydrogen-bond acceptors (Lipinski definition) is 7. The first-order chi connectivity index (χ1) is 15.8. The van der Waals surface area contributed by atoms with Crippen LogP contribution in [0.5, 0.6) is 0 Å². The molecular weight excluding hydrogens is 438 g/mol. The Bertz CT molecular complexity index is 867. The Morgan fingerprint density at radius 1 is 1.30 bits per heavy atom.